The van der Waals surface area contributed by atoms with Crippen LogP contribution in [-0.2, 0) is 6.42 Å². The highest BCUT2D eigenvalue weighted by molar-refractivity contribution is 7.16. The minimum atomic E-state index is -2.47. The lowest BCUT2D eigenvalue weighted by atomic mass is 10.2. The van der Waals surface area contributed by atoms with Crippen LogP contribution < -0.4 is 5.73 Å². The molecule has 1 heterocycles. The van der Waals surface area contributed by atoms with Crippen molar-refractivity contribution >= 4 is 22.9 Å². The number of hydrogen-bond acceptors (Lipinski definition) is 2. The average molecular weight is 212 g/mol. The minimum Gasteiger partial charge on any atom is -0.323 e. The van der Waals surface area contributed by atoms with E-state index >= 15 is 0 Å². The second-order valence-electron chi connectivity index (χ2n) is 2.41. The van der Waals surface area contributed by atoms with Crippen molar-refractivity contribution in [2.45, 2.75) is 18.9 Å². The highest BCUT2D eigenvalue weighted by Gasteiger charge is 2.16. The topological polar surface area (TPSA) is 26.0 Å². The standard InChI is InChI=1S/C7H8ClF2NS/c8-6-2-1-4(12-6)3-5(11)7(9)10/h1-2,5,7H,3,11H2. The Labute approximate surface area is 78.1 Å². The van der Waals surface area contributed by atoms with E-state index in [-0.39, 0.29) is 6.42 Å². The maximum atomic E-state index is 12.0. The van der Waals surface area contributed by atoms with Gasteiger partial charge in [-0.2, -0.15) is 0 Å². The number of halogens is 3. The lowest BCUT2D eigenvalue weighted by molar-refractivity contribution is 0.116. The molecule has 1 rings (SSSR count). The van der Waals surface area contributed by atoms with Crippen LogP contribution in [0.4, 0.5) is 8.78 Å². The quantitative estimate of drug-likeness (QED) is 0.817. The fourth-order valence-electron chi connectivity index (χ4n) is 0.783. The van der Waals surface area contributed by atoms with Crippen molar-refractivity contribution in [3.05, 3.63) is 21.3 Å². The Hall–Kier alpha value is -0.190. The summed E-state index contributed by atoms with van der Waals surface area (Å²) < 4.78 is 24.5. The fourth-order valence-corrected chi connectivity index (χ4v) is 1.94. The first kappa shape index (κ1) is 9.89. The van der Waals surface area contributed by atoms with Gasteiger partial charge in [-0.1, -0.05) is 11.6 Å². The van der Waals surface area contributed by atoms with Gasteiger partial charge in [-0.05, 0) is 12.1 Å². The Balaban J connectivity index is 2.52. The van der Waals surface area contributed by atoms with Crippen LogP contribution in [0.2, 0.25) is 4.34 Å². The summed E-state index contributed by atoms with van der Waals surface area (Å²) in [4.78, 5) is 0.799. The lowest BCUT2D eigenvalue weighted by Crippen LogP contribution is -2.30. The van der Waals surface area contributed by atoms with Gasteiger partial charge in [0.25, 0.3) is 6.43 Å². The third-order valence-corrected chi connectivity index (χ3v) is 2.64. The number of rotatable bonds is 3. The van der Waals surface area contributed by atoms with Crippen LogP contribution in [-0.4, -0.2) is 12.5 Å². The molecule has 12 heavy (non-hydrogen) atoms. The molecule has 0 saturated carbocycles. The van der Waals surface area contributed by atoms with Crippen LogP contribution in [0.15, 0.2) is 12.1 Å². The van der Waals surface area contributed by atoms with Crippen molar-refractivity contribution in [3.63, 3.8) is 0 Å². The van der Waals surface area contributed by atoms with E-state index in [4.69, 9.17) is 17.3 Å². The van der Waals surface area contributed by atoms with E-state index in [1.54, 1.807) is 12.1 Å². The first-order valence-corrected chi connectivity index (χ1v) is 4.57. The number of hydrogen-bond donors (Lipinski definition) is 1. The molecule has 0 saturated heterocycles. The third-order valence-electron chi connectivity index (χ3n) is 1.39. The molecule has 0 spiro atoms. The first-order valence-electron chi connectivity index (χ1n) is 3.37. The SMILES string of the molecule is NC(Cc1ccc(Cl)s1)C(F)F. The molecule has 0 amide bonds. The fraction of sp³-hybridized carbons (Fsp3) is 0.429. The van der Waals surface area contributed by atoms with E-state index in [2.05, 4.69) is 0 Å². The highest BCUT2D eigenvalue weighted by atomic mass is 35.5. The molecule has 0 aliphatic heterocycles. The van der Waals surface area contributed by atoms with Gasteiger partial charge in [-0.15, -0.1) is 11.3 Å². The number of alkyl halides is 2. The molecule has 0 aliphatic carbocycles. The van der Waals surface area contributed by atoms with Crippen molar-refractivity contribution in [1.82, 2.24) is 0 Å². The molecule has 0 radical (unpaired) electrons. The van der Waals surface area contributed by atoms with Crippen LogP contribution in [0.3, 0.4) is 0 Å². The Morgan fingerprint density at radius 1 is 1.50 bits per heavy atom. The predicted molar refractivity (Wildman–Crippen MR) is 47.0 cm³/mol. The van der Waals surface area contributed by atoms with E-state index in [1.165, 1.54) is 11.3 Å². The molecular weight excluding hydrogens is 204 g/mol. The molecule has 2 N–H and O–H groups in total. The van der Waals surface area contributed by atoms with Gasteiger partial charge >= 0.3 is 0 Å². The first-order chi connectivity index (χ1) is 5.59. The molecule has 1 aromatic rings. The normalized spacial score (nSPS) is 13.8. The summed E-state index contributed by atoms with van der Waals surface area (Å²) in [6.45, 7) is 0. The zero-order valence-corrected chi connectivity index (χ0v) is 7.71. The summed E-state index contributed by atoms with van der Waals surface area (Å²) >= 11 is 6.90. The van der Waals surface area contributed by atoms with E-state index in [0.29, 0.717) is 4.34 Å². The van der Waals surface area contributed by atoms with Gasteiger partial charge in [-0.25, -0.2) is 8.78 Å². The van der Waals surface area contributed by atoms with Crippen molar-refractivity contribution < 1.29 is 8.78 Å². The minimum absolute atomic E-state index is 0.190. The molecule has 1 atom stereocenters. The maximum absolute atomic E-state index is 12.0. The van der Waals surface area contributed by atoms with Crippen molar-refractivity contribution in [1.29, 1.82) is 0 Å². The molecule has 0 aliphatic rings. The average Bonchev–Trinajstić information content (AvgIpc) is 2.35. The highest BCUT2D eigenvalue weighted by Crippen LogP contribution is 2.22. The number of thiophene rings is 1. The molecule has 1 unspecified atom stereocenters. The van der Waals surface area contributed by atoms with Gasteiger partial charge in [0.15, 0.2) is 0 Å². The van der Waals surface area contributed by atoms with Gasteiger partial charge in [0.05, 0.1) is 10.4 Å². The molecule has 5 heteroatoms. The van der Waals surface area contributed by atoms with E-state index < -0.39 is 12.5 Å². The van der Waals surface area contributed by atoms with Crippen molar-refractivity contribution in [2.75, 3.05) is 0 Å². The second-order valence-corrected chi connectivity index (χ2v) is 4.21. The van der Waals surface area contributed by atoms with E-state index in [9.17, 15) is 8.78 Å². The molecule has 1 nitrogen and oxygen atoms in total. The molecule has 0 bridgehead atoms. The predicted octanol–water partition coefficient (Wildman–Crippen LogP) is 2.54. The number of nitrogens with two attached hydrogens (primary N) is 1. The maximum Gasteiger partial charge on any atom is 0.253 e. The van der Waals surface area contributed by atoms with Gasteiger partial charge in [-0.3, -0.25) is 0 Å². The van der Waals surface area contributed by atoms with Crippen LogP contribution >= 0.6 is 22.9 Å². The van der Waals surface area contributed by atoms with Gasteiger partial charge < -0.3 is 5.73 Å². The summed E-state index contributed by atoms with van der Waals surface area (Å²) in [6, 6.07) is 2.31. The third kappa shape index (κ3) is 2.69. The lowest BCUT2D eigenvalue weighted by Gasteiger charge is -2.07. The summed E-state index contributed by atoms with van der Waals surface area (Å²) in [5.41, 5.74) is 5.17. The summed E-state index contributed by atoms with van der Waals surface area (Å²) in [6.07, 6.45) is -2.28. The van der Waals surface area contributed by atoms with Gasteiger partial charge in [0.1, 0.15) is 0 Å². The van der Waals surface area contributed by atoms with Crippen LogP contribution in [0, 0.1) is 0 Å². The Morgan fingerprint density at radius 3 is 2.58 bits per heavy atom. The van der Waals surface area contributed by atoms with E-state index in [0.717, 1.165) is 4.88 Å². The second kappa shape index (κ2) is 4.16. The van der Waals surface area contributed by atoms with Crippen molar-refractivity contribution in [2.24, 2.45) is 5.73 Å². The van der Waals surface area contributed by atoms with Crippen LogP contribution in [0.5, 0.6) is 0 Å². The van der Waals surface area contributed by atoms with E-state index in [1.807, 2.05) is 0 Å². The molecule has 68 valence electrons. The summed E-state index contributed by atoms with van der Waals surface area (Å²) in [5, 5.41) is 0. The zero-order valence-electron chi connectivity index (χ0n) is 6.14. The molecular formula is C7H8ClF2NS. The Morgan fingerprint density at radius 2 is 2.17 bits per heavy atom. The van der Waals surface area contributed by atoms with Gasteiger partial charge in [0.2, 0.25) is 0 Å². The summed E-state index contributed by atoms with van der Waals surface area (Å²) in [7, 11) is 0. The monoisotopic (exact) mass is 211 g/mol. The van der Waals surface area contributed by atoms with Crippen LogP contribution in [0.25, 0.3) is 0 Å². The zero-order chi connectivity index (χ0) is 9.14. The summed E-state index contributed by atoms with van der Waals surface area (Å²) in [5.74, 6) is 0. The molecule has 0 aromatic carbocycles. The Kier molecular flexibility index (Phi) is 3.43. The van der Waals surface area contributed by atoms with Crippen LogP contribution in [0.1, 0.15) is 4.88 Å². The molecule has 0 fully saturated rings. The largest absolute Gasteiger partial charge is 0.323 e. The Bertz CT molecular complexity index is 251. The van der Waals surface area contributed by atoms with Gasteiger partial charge in [0, 0.05) is 11.3 Å². The molecule has 1 aromatic heterocycles. The smallest absolute Gasteiger partial charge is 0.253 e. The van der Waals surface area contributed by atoms with Crippen molar-refractivity contribution in [3.8, 4) is 0 Å².